The number of nitrogens with one attached hydrogen (secondary N) is 1. The third-order valence-corrected chi connectivity index (χ3v) is 3.60. The van der Waals surface area contributed by atoms with Gasteiger partial charge < -0.3 is 10.1 Å². The Morgan fingerprint density at radius 1 is 1.17 bits per heavy atom. The van der Waals surface area contributed by atoms with Crippen LogP contribution in [0.25, 0.3) is 0 Å². The molecule has 0 aromatic heterocycles. The van der Waals surface area contributed by atoms with Crippen molar-refractivity contribution >= 4 is 5.69 Å². The minimum absolute atomic E-state index is 0.358. The second-order valence-electron chi connectivity index (χ2n) is 4.79. The number of methoxy groups -OCH3 is 1. The molecule has 1 heterocycles. The van der Waals surface area contributed by atoms with Gasteiger partial charge in [0.1, 0.15) is 5.75 Å². The fourth-order valence-corrected chi connectivity index (χ4v) is 2.61. The number of hydrogen-bond donors (Lipinski definition) is 1. The van der Waals surface area contributed by atoms with E-state index in [1.54, 1.807) is 7.11 Å². The van der Waals surface area contributed by atoms with Gasteiger partial charge in [-0.05, 0) is 42.2 Å². The maximum atomic E-state index is 5.29. The number of hydrogen-bond acceptors (Lipinski definition) is 2. The second kappa shape index (κ2) is 4.37. The maximum Gasteiger partial charge on any atom is 0.119 e. The molecular weight excluding hydrogens is 222 g/mol. The van der Waals surface area contributed by atoms with E-state index in [0.717, 1.165) is 12.2 Å². The number of rotatable bonds is 2. The molecule has 1 unspecified atom stereocenters. The van der Waals surface area contributed by atoms with Gasteiger partial charge in [0.25, 0.3) is 0 Å². The van der Waals surface area contributed by atoms with Crippen molar-refractivity contribution in [2.45, 2.75) is 19.4 Å². The van der Waals surface area contributed by atoms with Crippen molar-refractivity contribution in [3.05, 3.63) is 59.2 Å². The Morgan fingerprint density at radius 3 is 2.78 bits per heavy atom. The molecule has 3 rings (SSSR count). The van der Waals surface area contributed by atoms with Crippen LogP contribution in [0, 0.1) is 6.92 Å². The zero-order valence-electron chi connectivity index (χ0n) is 10.7. The molecule has 2 aromatic carbocycles. The van der Waals surface area contributed by atoms with Crippen LogP contribution >= 0.6 is 0 Å². The Morgan fingerprint density at radius 2 is 2.00 bits per heavy atom. The predicted molar refractivity (Wildman–Crippen MR) is 74.2 cm³/mol. The third kappa shape index (κ3) is 1.84. The van der Waals surface area contributed by atoms with Gasteiger partial charge in [-0.3, -0.25) is 0 Å². The molecular formula is C16H17NO. The standard InChI is InChI=1S/C16H17NO/c1-11-5-3-7-13-10-15(17-16(11)13)12-6-4-8-14(9-12)18-2/h3-9,15,17H,10H2,1-2H3. The quantitative estimate of drug-likeness (QED) is 0.862. The van der Waals surface area contributed by atoms with Crippen LogP contribution in [-0.2, 0) is 6.42 Å². The highest BCUT2D eigenvalue weighted by atomic mass is 16.5. The Hall–Kier alpha value is -1.96. The van der Waals surface area contributed by atoms with Crippen molar-refractivity contribution in [3.63, 3.8) is 0 Å². The minimum Gasteiger partial charge on any atom is -0.497 e. The zero-order chi connectivity index (χ0) is 12.5. The first-order valence-electron chi connectivity index (χ1n) is 6.27. The van der Waals surface area contributed by atoms with Crippen molar-refractivity contribution in [1.82, 2.24) is 0 Å². The summed E-state index contributed by atoms with van der Waals surface area (Å²) in [5, 5.41) is 3.61. The lowest BCUT2D eigenvalue weighted by Crippen LogP contribution is -2.06. The molecule has 2 heteroatoms. The Kier molecular flexibility index (Phi) is 2.71. The Labute approximate surface area is 108 Å². The first-order valence-corrected chi connectivity index (χ1v) is 6.27. The molecule has 0 bridgehead atoms. The van der Waals surface area contributed by atoms with E-state index in [4.69, 9.17) is 4.74 Å². The molecule has 2 nitrogen and oxygen atoms in total. The summed E-state index contributed by atoms with van der Waals surface area (Å²) in [6.45, 7) is 2.15. The van der Waals surface area contributed by atoms with Crippen LogP contribution in [0.5, 0.6) is 5.75 Å². The van der Waals surface area contributed by atoms with Gasteiger partial charge in [0, 0.05) is 5.69 Å². The van der Waals surface area contributed by atoms with Crippen molar-refractivity contribution in [2.24, 2.45) is 0 Å². The first kappa shape index (κ1) is 11.1. The van der Waals surface area contributed by atoms with Gasteiger partial charge in [-0.15, -0.1) is 0 Å². The first-order chi connectivity index (χ1) is 8.78. The van der Waals surface area contributed by atoms with Crippen LogP contribution < -0.4 is 10.1 Å². The van der Waals surface area contributed by atoms with Crippen LogP contribution in [0.4, 0.5) is 5.69 Å². The monoisotopic (exact) mass is 239 g/mol. The van der Waals surface area contributed by atoms with Crippen molar-refractivity contribution in [1.29, 1.82) is 0 Å². The average Bonchev–Trinajstić information content (AvgIpc) is 2.84. The van der Waals surface area contributed by atoms with Gasteiger partial charge >= 0.3 is 0 Å². The fourth-order valence-electron chi connectivity index (χ4n) is 2.61. The number of para-hydroxylation sites is 1. The van der Waals surface area contributed by atoms with E-state index in [9.17, 15) is 0 Å². The van der Waals surface area contributed by atoms with E-state index in [1.165, 1.54) is 22.4 Å². The number of aryl methyl sites for hydroxylation is 1. The maximum absolute atomic E-state index is 5.29. The van der Waals surface area contributed by atoms with Crippen molar-refractivity contribution in [3.8, 4) is 5.75 Å². The Bertz CT molecular complexity index is 577. The van der Waals surface area contributed by atoms with Gasteiger partial charge in [0.05, 0.1) is 13.2 Å². The van der Waals surface area contributed by atoms with Crippen LogP contribution in [-0.4, -0.2) is 7.11 Å². The molecule has 0 aliphatic carbocycles. The highest BCUT2D eigenvalue weighted by molar-refractivity contribution is 5.63. The molecule has 2 aromatic rings. The van der Waals surface area contributed by atoms with Crippen molar-refractivity contribution < 1.29 is 4.74 Å². The molecule has 0 saturated carbocycles. The van der Waals surface area contributed by atoms with E-state index in [-0.39, 0.29) is 0 Å². The van der Waals surface area contributed by atoms with E-state index in [1.807, 2.05) is 12.1 Å². The summed E-state index contributed by atoms with van der Waals surface area (Å²) < 4.78 is 5.29. The normalized spacial score (nSPS) is 17.1. The molecule has 0 fully saturated rings. The summed E-state index contributed by atoms with van der Waals surface area (Å²) >= 11 is 0. The van der Waals surface area contributed by atoms with Crippen LogP contribution in [0.2, 0.25) is 0 Å². The minimum atomic E-state index is 0.358. The van der Waals surface area contributed by atoms with E-state index in [2.05, 4.69) is 42.6 Å². The van der Waals surface area contributed by atoms with Crippen molar-refractivity contribution in [2.75, 3.05) is 12.4 Å². The highest BCUT2D eigenvalue weighted by Gasteiger charge is 2.23. The van der Waals surface area contributed by atoms with Crippen LogP contribution in [0.15, 0.2) is 42.5 Å². The molecule has 1 aliphatic heterocycles. The third-order valence-electron chi connectivity index (χ3n) is 3.60. The number of benzene rings is 2. The number of fused-ring (bicyclic) bond motifs is 1. The summed E-state index contributed by atoms with van der Waals surface area (Å²) in [5.41, 5.74) is 5.30. The molecule has 1 N–H and O–H groups in total. The van der Waals surface area contributed by atoms with E-state index >= 15 is 0 Å². The highest BCUT2D eigenvalue weighted by Crippen LogP contribution is 2.36. The fraction of sp³-hybridized carbons (Fsp3) is 0.250. The lowest BCUT2D eigenvalue weighted by molar-refractivity contribution is 0.414. The lowest BCUT2D eigenvalue weighted by atomic mass is 10.0. The average molecular weight is 239 g/mol. The summed E-state index contributed by atoms with van der Waals surface area (Å²) in [5.74, 6) is 0.918. The summed E-state index contributed by atoms with van der Waals surface area (Å²) in [7, 11) is 1.71. The van der Waals surface area contributed by atoms with Gasteiger partial charge in [0.2, 0.25) is 0 Å². The summed E-state index contributed by atoms with van der Waals surface area (Å²) in [6.07, 6.45) is 1.05. The molecule has 0 radical (unpaired) electrons. The van der Waals surface area contributed by atoms with Gasteiger partial charge in [0.15, 0.2) is 0 Å². The molecule has 92 valence electrons. The number of ether oxygens (including phenoxy) is 1. The second-order valence-corrected chi connectivity index (χ2v) is 4.79. The van der Waals surface area contributed by atoms with Gasteiger partial charge in [-0.2, -0.15) is 0 Å². The molecule has 1 aliphatic rings. The largest absolute Gasteiger partial charge is 0.497 e. The SMILES string of the molecule is COc1cccc(C2Cc3cccc(C)c3N2)c1. The van der Waals surface area contributed by atoms with Gasteiger partial charge in [-0.1, -0.05) is 30.3 Å². The lowest BCUT2D eigenvalue weighted by Gasteiger charge is -2.13. The summed E-state index contributed by atoms with van der Waals surface area (Å²) in [4.78, 5) is 0. The van der Waals surface area contributed by atoms with Gasteiger partial charge in [-0.25, -0.2) is 0 Å². The van der Waals surface area contributed by atoms with E-state index in [0.29, 0.717) is 6.04 Å². The zero-order valence-corrected chi connectivity index (χ0v) is 10.7. The topological polar surface area (TPSA) is 21.3 Å². The molecule has 0 saturated heterocycles. The molecule has 1 atom stereocenters. The predicted octanol–water partition coefficient (Wildman–Crippen LogP) is 3.71. The smallest absolute Gasteiger partial charge is 0.119 e. The molecule has 18 heavy (non-hydrogen) atoms. The Balaban J connectivity index is 1.91. The van der Waals surface area contributed by atoms with Crippen LogP contribution in [0.1, 0.15) is 22.7 Å². The summed E-state index contributed by atoms with van der Waals surface area (Å²) in [6, 6.07) is 15.1. The number of anilines is 1. The van der Waals surface area contributed by atoms with E-state index < -0.39 is 0 Å². The molecule has 0 spiro atoms. The molecule has 0 amide bonds. The van der Waals surface area contributed by atoms with Crippen LogP contribution in [0.3, 0.4) is 0 Å².